The fourth-order valence-electron chi connectivity index (χ4n) is 1.48. The Morgan fingerprint density at radius 3 is 2.47 bits per heavy atom. The summed E-state index contributed by atoms with van der Waals surface area (Å²) in [5, 5.41) is 0. The molecule has 0 unspecified atom stereocenters. The third-order valence-electron chi connectivity index (χ3n) is 2.48. The van der Waals surface area contributed by atoms with Gasteiger partial charge >= 0.3 is 0 Å². The van der Waals surface area contributed by atoms with E-state index in [1.165, 1.54) is 5.56 Å². The minimum absolute atomic E-state index is 0.316. The Balaban J connectivity index is 2.19. The maximum absolute atomic E-state index is 5.65. The van der Waals surface area contributed by atoms with Crippen LogP contribution < -0.4 is 10.5 Å². The van der Waals surface area contributed by atoms with Gasteiger partial charge in [-0.2, -0.15) is 0 Å². The number of hydrogen-bond acceptors (Lipinski definition) is 4. The van der Waals surface area contributed by atoms with Crippen molar-refractivity contribution in [3.05, 3.63) is 47.9 Å². The number of nitrogens with zero attached hydrogens (tertiary/aromatic N) is 2. The van der Waals surface area contributed by atoms with E-state index >= 15 is 0 Å². The van der Waals surface area contributed by atoms with Crippen molar-refractivity contribution in [2.75, 3.05) is 0 Å². The lowest BCUT2D eigenvalue weighted by molar-refractivity contribution is 0.452. The first-order valence-electron chi connectivity index (χ1n) is 5.60. The number of rotatable bonds is 4. The van der Waals surface area contributed by atoms with Crippen molar-refractivity contribution in [2.45, 2.75) is 19.9 Å². The average molecular weight is 229 g/mol. The number of ether oxygens (including phenoxy) is 1. The van der Waals surface area contributed by atoms with Crippen LogP contribution in [0.2, 0.25) is 0 Å². The molecule has 0 saturated heterocycles. The van der Waals surface area contributed by atoms with E-state index < -0.39 is 0 Å². The SMILES string of the molecule is CCc1ccc(Oc2nccnc2CN)cc1. The Bertz CT molecular complexity index is 482. The van der Waals surface area contributed by atoms with Crippen LogP contribution in [0.4, 0.5) is 0 Å². The van der Waals surface area contributed by atoms with E-state index in [4.69, 9.17) is 10.5 Å². The fourth-order valence-corrected chi connectivity index (χ4v) is 1.48. The number of aryl methyl sites for hydroxylation is 1. The molecule has 4 nitrogen and oxygen atoms in total. The summed E-state index contributed by atoms with van der Waals surface area (Å²) in [4.78, 5) is 8.24. The van der Waals surface area contributed by atoms with Crippen molar-refractivity contribution < 1.29 is 4.74 Å². The van der Waals surface area contributed by atoms with Gasteiger partial charge in [-0.3, -0.25) is 4.98 Å². The van der Waals surface area contributed by atoms with Crippen LogP contribution in [0, 0.1) is 0 Å². The molecule has 0 aliphatic rings. The molecule has 0 radical (unpaired) electrons. The van der Waals surface area contributed by atoms with Gasteiger partial charge in [0.25, 0.3) is 0 Å². The van der Waals surface area contributed by atoms with Crippen molar-refractivity contribution in [1.29, 1.82) is 0 Å². The second-order valence-electron chi connectivity index (χ2n) is 3.61. The van der Waals surface area contributed by atoms with E-state index in [1.54, 1.807) is 12.4 Å². The summed E-state index contributed by atoms with van der Waals surface area (Å²) < 4.78 is 5.65. The van der Waals surface area contributed by atoms with E-state index in [2.05, 4.69) is 16.9 Å². The molecule has 2 N–H and O–H groups in total. The highest BCUT2D eigenvalue weighted by Crippen LogP contribution is 2.21. The van der Waals surface area contributed by atoms with Gasteiger partial charge in [0.1, 0.15) is 11.4 Å². The second-order valence-corrected chi connectivity index (χ2v) is 3.61. The molecule has 0 atom stereocenters. The summed E-state index contributed by atoms with van der Waals surface area (Å²) in [6.45, 7) is 2.43. The van der Waals surface area contributed by atoms with Gasteiger partial charge in [-0.25, -0.2) is 4.98 Å². The van der Waals surface area contributed by atoms with E-state index in [-0.39, 0.29) is 0 Å². The Hall–Kier alpha value is -1.94. The van der Waals surface area contributed by atoms with Crippen LogP contribution in [0.5, 0.6) is 11.6 Å². The van der Waals surface area contributed by atoms with Gasteiger partial charge in [-0.1, -0.05) is 19.1 Å². The molecule has 4 heteroatoms. The molecule has 0 spiro atoms. The van der Waals surface area contributed by atoms with Crippen LogP contribution in [0.1, 0.15) is 18.2 Å². The van der Waals surface area contributed by atoms with E-state index in [1.807, 2.05) is 24.3 Å². The topological polar surface area (TPSA) is 61.0 Å². The van der Waals surface area contributed by atoms with Crippen molar-refractivity contribution in [3.63, 3.8) is 0 Å². The highest BCUT2D eigenvalue weighted by molar-refractivity contribution is 5.31. The highest BCUT2D eigenvalue weighted by atomic mass is 16.5. The van der Waals surface area contributed by atoms with Gasteiger partial charge in [-0.05, 0) is 24.1 Å². The zero-order valence-electron chi connectivity index (χ0n) is 9.76. The number of hydrogen-bond donors (Lipinski definition) is 1. The zero-order chi connectivity index (χ0) is 12.1. The van der Waals surface area contributed by atoms with Crippen LogP contribution in [-0.2, 0) is 13.0 Å². The molecule has 2 rings (SSSR count). The lowest BCUT2D eigenvalue weighted by Crippen LogP contribution is -2.03. The fraction of sp³-hybridized carbons (Fsp3) is 0.231. The van der Waals surface area contributed by atoms with Gasteiger partial charge < -0.3 is 10.5 Å². The molecule has 2 aromatic rings. The standard InChI is InChI=1S/C13H15N3O/c1-2-10-3-5-11(6-4-10)17-13-12(9-14)15-7-8-16-13/h3-8H,2,9,14H2,1H3. The molecular formula is C13H15N3O. The number of nitrogens with two attached hydrogens (primary N) is 1. The molecule has 88 valence electrons. The number of benzene rings is 1. The first-order chi connectivity index (χ1) is 8.33. The smallest absolute Gasteiger partial charge is 0.242 e. The third-order valence-corrected chi connectivity index (χ3v) is 2.48. The Kier molecular flexibility index (Phi) is 3.67. The predicted octanol–water partition coefficient (Wildman–Crippen LogP) is 2.29. The Labute approximate surface area is 100 Å². The molecule has 0 fully saturated rings. The van der Waals surface area contributed by atoms with Gasteiger partial charge in [0.2, 0.25) is 5.88 Å². The van der Waals surface area contributed by atoms with Crippen molar-refractivity contribution in [3.8, 4) is 11.6 Å². The Morgan fingerprint density at radius 2 is 1.82 bits per heavy atom. The largest absolute Gasteiger partial charge is 0.437 e. The molecule has 1 heterocycles. The average Bonchev–Trinajstić information content (AvgIpc) is 2.40. The van der Waals surface area contributed by atoms with Crippen LogP contribution >= 0.6 is 0 Å². The molecule has 0 saturated carbocycles. The summed E-state index contributed by atoms with van der Waals surface area (Å²) in [5.74, 6) is 1.22. The normalized spacial score (nSPS) is 10.2. The lowest BCUT2D eigenvalue weighted by atomic mass is 10.2. The first kappa shape index (κ1) is 11.5. The third kappa shape index (κ3) is 2.79. The minimum Gasteiger partial charge on any atom is -0.437 e. The van der Waals surface area contributed by atoms with Gasteiger partial charge in [0.05, 0.1) is 0 Å². The van der Waals surface area contributed by atoms with E-state index in [9.17, 15) is 0 Å². The molecule has 1 aromatic carbocycles. The maximum atomic E-state index is 5.65. The van der Waals surface area contributed by atoms with E-state index in [0.717, 1.165) is 12.2 Å². The van der Waals surface area contributed by atoms with Crippen LogP contribution in [0.15, 0.2) is 36.7 Å². The maximum Gasteiger partial charge on any atom is 0.242 e. The molecule has 0 bridgehead atoms. The summed E-state index contributed by atoms with van der Waals surface area (Å²) >= 11 is 0. The van der Waals surface area contributed by atoms with Crippen molar-refractivity contribution >= 4 is 0 Å². The van der Waals surface area contributed by atoms with Crippen LogP contribution in [0.25, 0.3) is 0 Å². The van der Waals surface area contributed by atoms with E-state index in [0.29, 0.717) is 18.1 Å². The molecule has 0 aliphatic carbocycles. The molecule has 0 aliphatic heterocycles. The van der Waals surface area contributed by atoms with Crippen LogP contribution in [0.3, 0.4) is 0 Å². The minimum atomic E-state index is 0.316. The first-order valence-corrected chi connectivity index (χ1v) is 5.60. The summed E-state index contributed by atoms with van der Waals surface area (Å²) in [6.07, 6.45) is 4.21. The Morgan fingerprint density at radius 1 is 1.12 bits per heavy atom. The van der Waals surface area contributed by atoms with Gasteiger partial charge in [-0.15, -0.1) is 0 Å². The quantitative estimate of drug-likeness (QED) is 0.873. The highest BCUT2D eigenvalue weighted by Gasteiger charge is 2.05. The molecular weight excluding hydrogens is 214 g/mol. The second kappa shape index (κ2) is 5.41. The number of aromatic nitrogens is 2. The zero-order valence-corrected chi connectivity index (χ0v) is 9.76. The molecule has 0 amide bonds. The van der Waals surface area contributed by atoms with Gasteiger partial charge in [0, 0.05) is 18.9 Å². The summed E-state index contributed by atoms with van der Waals surface area (Å²) in [6, 6.07) is 7.92. The van der Waals surface area contributed by atoms with Crippen molar-refractivity contribution in [1.82, 2.24) is 9.97 Å². The summed E-state index contributed by atoms with van der Waals surface area (Å²) in [7, 11) is 0. The lowest BCUT2D eigenvalue weighted by Gasteiger charge is -2.07. The van der Waals surface area contributed by atoms with Crippen molar-refractivity contribution in [2.24, 2.45) is 5.73 Å². The van der Waals surface area contributed by atoms with Crippen LogP contribution in [-0.4, -0.2) is 9.97 Å². The monoisotopic (exact) mass is 229 g/mol. The van der Waals surface area contributed by atoms with Gasteiger partial charge in [0.15, 0.2) is 0 Å². The molecule has 17 heavy (non-hydrogen) atoms. The summed E-state index contributed by atoms with van der Waals surface area (Å²) in [5.41, 5.74) is 7.50. The molecule has 1 aromatic heterocycles. The predicted molar refractivity (Wildman–Crippen MR) is 65.8 cm³/mol.